The predicted molar refractivity (Wildman–Crippen MR) is 80.6 cm³/mol. The van der Waals surface area contributed by atoms with Crippen molar-refractivity contribution in [3.63, 3.8) is 0 Å². The van der Waals surface area contributed by atoms with E-state index >= 15 is 0 Å². The van der Waals surface area contributed by atoms with Gasteiger partial charge in [0.25, 0.3) is 5.91 Å². The molecule has 0 aliphatic carbocycles. The lowest BCUT2D eigenvalue weighted by molar-refractivity contribution is -0.143. The Labute approximate surface area is 137 Å². The zero-order chi connectivity index (χ0) is 16.3. The van der Waals surface area contributed by atoms with Gasteiger partial charge in [0, 0.05) is 4.88 Å². The summed E-state index contributed by atoms with van der Waals surface area (Å²) in [5.41, 5.74) is -0.743. The molecule has 22 heavy (non-hydrogen) atoms. The van der Waals surface area contributed by atoms with E-state index in [1.54, 1.807) is 12.1 Å². The number of methoxy groups -OCH3 is 1. The van der Waals surface area contributed by atoms with Gasteiger partial charge >= 0.3 is 5.97 Å². The van der Waals surface area contributed by atoms with Crippen LogP contribution in [-0.4, -0.2) is 19.0 Å². The summed E-state index contributed by atoms with van der Waals surface area (Å²) in [6, 6.07) is 5.22. The highest BCUT2D eigenvalue weighted by Gasteiger charge is 2.28. The number of hydrogen-bond acceptors (Lipinski definition) is 4. The number of carbonyl (C=O) groups is 2. The molecule has 1 unspecified atom stereocenters. The fourth-order valence-corrected chi connectivity index (χ4v) is 3.23. The van der Waals surface area contributed by atoms with Crippen LogP contribution >= 0.6 is 27.3 Å². The quantitative estimate of drug-likeness (QED) is 0.814. The van der Waals surface area contributed by atoms with Gasteiger partial charge in [-0.2, -0.15) is 0 Å². The van der Waals surface area contributed by atoms with Crippen molar-refractivity contribution in [2.24, 2.45) is 0 Å². The average Bonchev–Trinajstić information content (AvgIpc) is 2.90. The number of nitrogens with one attached hydrogen (secondary N) is 1. The number of benzene rings is 1. The third kappa shape index (κ3) is 3.50. The number of rotatable bonds is 4. The first-order valence-corrected chi connectivity index (χ1v) is 7.63. The molecule has 0 aliphatic heterocycles. The maximum Gasteiger partial charge on any atom is 0.333 e. The van der Waals surface area contributed by atoms with Gasteiger partial charge in [0.1, 0.15) is 17.2 Å². The minimum atomic E-state index is -1.15. The Bertz CT molecular complexity index is 700. The van der Waals surface area contributed by atoms with Crippen molar-refractivity contribution in [2.45, 2.75) is 6.04 Å². The second-order valence-electron chi connectivity index (χ2n) is 4.17. The van der Waals surface area contributed by atoms with E-state index in [9.17, 15) is 18.4 Å². The Kier molecular flexibility index (Phi) is 5.25. The monoisotopic (exact) mass is 389 g/mol. The highest BCUT2D eigenvalue weighted by atomic mass is 79.9. The van der Waals surface area contributed by atoms with Gasteiger partial charge in [0.2, 0.25) is 0 Å². The minimum absolute atomic E-state index is 0.476. The summed E-state index contributed by atoms with van der Waals surface area (Å²) < 4.78 is 32.6. The molecule has 0 saturated carbocycles. The SMILES string of the molecule is COC(=O)C(NC(=O)c1c(F)cccc1F)c1ccc(Br)s1. The van der Waals surface area contributed by atoms with Gasteiger partial charge in [0.05, 0.1) is 10.9 Å². The predicted octanol–water partition coefficient (Wildman–Crippen LogP) is 3.43. The van der Waals surface area contributed by atoms with E-state index in [1.165, 1.54) is 11.3 Å². The van der Waals surface area contributed by atoms with Crippen molar-refractivity contribution in [1.82, 2.24) is 5.32 Å². The molecule has 4 nitrogen and oxygen atoms in total. The second kappa shape index (κ2) is 6.97. The topological polar surface area (TPSA) is 55.4 Å². The van der Waals surface area contributed by atoms with E-state index in [0.717, 1.165) is 29.1 Å². The van der Waals surface area contributed by atoms with E-state index in [4.69, 9.17) is 0 Å². The summed E-state index contributed by atoms with van der Waals surface area (Å²) in [4.78, 5) is 24.4. The number of thiophene rings is 1. The molecule has 1 atom stereocenters. The summed E-state index contributed by atoms with van der Waals surface area (Å²) in [6.45, 7) is 0. The first-order valence-electron chi connectivity index (χ1n) is 6.02. The number of carbonyl (C=O) groups excluding carboxylic acids is 2. The van der Waals surface area contributed by atoms with Crippen molar-refractivity contribution in [1.29, 1.82) is 0 Å². The van der Waals surface area contributed by atoms with Crippen LogP contribution in [0.4, 0.5) is 8.78 Å². The van der Waals surface area contributed by atoms with E-state index in [2.05, 4.69) is 26.0 Å². The summed E-state index contributed by atoms with van der Waals surface area (Å²) in [7, 11) is 1.16. The van der Waals surface area contributed by atoms with Crippen molar-refractivity contribution in [3.8, 4) is 0 Å². The fourth-order valence-electron chi connectivity index (χ4n) is 1.77. The molecule has 0 aliphatic rings. The van der Waals surface area contributed by atoms with Crippen molar-refractivity contribution >= 4 is 39.1 Å². The van der Waals surface area contributed by atoms with Crippen LogP contribution in [0.3, 0.4) is 0 Å². The largest absolute Gasteiger partial charge is 0.467 e. The van der Waals surface area contributed by atoms with Gasteiger partial charge in [0.15, 0.2) is 6.04 Å². The Morgan fingerprint density at radius 1 is 1.23 bits per heavy atom. The molecule has 1 aromatic heterocycles. The number of esters is 1. The van der Waals surface area contributed by atoms with Crippen LogP contribution in [0.1, 0.15) is 21.3 Å². The van der Waals surface area contributed by atoms with E-state index < -0.39 is 35.1 Å². The Balaban J connectivity index is 2.31. The molecule has 8 heteroatoms. The van der Waals surface area contributed by atoms with Gasteiger partial charge in [-0.05, 0) is 40.2 Å². The molecule has 1 heterocycles. The first-order chi connectivity index (χ1) is 10.4. The number of ether oxygens (including phenoxy) is 1. The summed E-state index contributed by atoms with van der Waals surface area (Å²) in [5, 5.41) is 2.29. The molecule has 1 N–H and O–H groups in total. The Morgan fingerprint density at radius 2 is 1.86 bits per heavy atom. The van der Waals surface area contributed by atoms with Crippen molar-refractivity contribution in [3.05, 3.63) is 56.2 Å². The normalized spacial score (nSPS) is 11.8. The number of halogens is 3. The van der Waals surface area contributed by atoms with Gasteiger partial charge < -0.3 is 10.1 Å². The molecular weight excluding hydrogens is 380 g/mol. The Hall–Kier alpha value is -1.80. The van der Waals surface area contributed by atoms with Crippen molar-refractivity contribution in [2.75, 3.05) is 7.11 Å². The maximum atomic E-state index is 13.6. The summed E-state index contributed by atoms with van der Waals surface area (Å²) in [5.74, 6) is -3.78. The van der Waals surface area contributed by atoms with Crippen LogP contribution in [0.5, 0.6) is 0 Å². The highest BCUT2D eigenvalue weighted by molar-refractivity contribution is 9.11. The molecule has 0 fully saturated rings. The number of hydrogen-bond donors (Lipinski definition) is 1. The third-order valence-corrected chi connectivity index (χ3v) is 4.47. The lowest BCUT2D eigenvalue weighted by Crippen LogP contribution is -2.35. The number of amides is 1. The fraction of sp³-hybridized carbons (Fsp3) is 0.143. The van der Waals surface area contributed by atoms with E-state index in [1.807, 2.05) is 0 Å². The molecule has 2 rings (SSSR count). The summed E-state index contributed by atoms with van der Waals surface area (Å²) >= 11 is 4.44. The molecule has 0 radical (unpaired) electrons. The smallest absolute Gasteiger partial charge is 0.333 e. The molecule has 2 aromatic rings. The lowest BCUT2D eigenvalue weighted by atomic mass is 10.1. The molecule has 1 amide bonds. The van der Waals surface area contributed by atoms with Gasteiger partial charge in [-0.25, -0.2) is 13.6 Å². The van der Waals surface area contributed by atoms with Gasteiger partial charge in [-0.3, -0.25) is 4.79 Å². The highest BCUT2D eigenvalue weighted by Crippen LogP contribution is 2.28. The second-order valence-corrected chi connectivity index (χ2v) is 6.66. The lowest BCUT2D eigenvalue weighted by Gasteiger charge is -2.15. The van der Waals surface area contributed by atoms with Gasteiger partial charge in [-0.1, -0.05) is 6.07 Å². The first kappa shape index (κ1) is 16.6. The Morgan fingerprint density at radius 3 is 2.36 bits per heavy atom. The van der Waals surface area contributed by atoms with E-state index in [-0.39, 0.29) is 0 Å². The molecule has 0 spiro atoms. The van der Waals surface area contributed by atoms with Crippen LogP contribution in [-0.2, 0) is 9.53 Å². The molecule has 0 saturated heterocycles. The maximum absolute atomic E-state index is 13.6. The zero-order valence-electron chi connectivity index (χ0n) is 11.2. The van der Waals surface area contributed by atoms with Crippen LogP contribution < -0.4 is 5.32 Å². The van der Waals surface area contributed by atoms with Crippen molar-refractivity contribution < 1.29 is 23.1 Å². The zero-order valence-corrected chi connectivity index (χ0v) is 13.6. The van der Waals surface area contributed by atoms with E-state index in [0.29, 0.717) is 4.88 Å². The molecule has 0 bridgehead atoms. The van der Waals surface area contributed by atoms with Crippen LogP contribution in [0, 0.1) is 11.6 Å². The molecular formula is C14H10BrF2NO3S. The molecule has 116 valence electrons. The standard InChI is InChI=1S/C14H10BrF2NO3S/c1-21-14(20)12(9-5-6-10(15)22-9)18-13(19)11-7(16)3-2-4-8(11)17/h2-6,12H,1H3,(H,18,19). The van der Waals surface area contributed by atoms with Gasteiger partial charge in [-0.15, -0.1) is 11.3 Å². The third-order valence-electron chi connectivity index (χ3n) is 2.78. The average molecular weight is 390 g/mol. The minimum Gasteiger partial charge on any atom is -0.467 e. The summed E-state index contributed by atoms with van der Waals surface area (Å²) in [6.07, 6.45) is 0. The molecule has 1 aromatic carbocycles. The van der Waals surface area contributed by atoms with Crippen LogP contribution in [0.25, 0.3) is 0 Å². The van der Waals surface area contributed by atoms with Crippen LogP contribution in [0.15, 0.2) is 34.1 Å². The van der Waals surface area contributed by atoms with Crippen LogP contribution in [0.2, 0.25) is 0 Å².